The molecule has 0 radical (unpaired) electrons. The Morgan fingerprint density at radius 3 is 2.69 bits per heavy atom. The number of aryl methyl sites for hydroxylation is 2. The smallest absolute Gasteiger partial charge is 0.242 e. The van der Waals surface area contributed by atoms with Crippen LogP contribution < -0.4 is 0 Å². The minimum Gasteiger partial charge on any atom is -0.340 e. The minimum atomic E-state index is -0.0142. The zero-order chi connectivity index (χ0) is 18.7. The van der Waals surface area contributed by atoms with Crippen molar-refractivity contribution in [3.63, 3.8) is 0 Å². The fourth-order valence-electron chi connectivity index (χ4n) is 2.86. The van der Waals surface area contributed by atoms with Gasteiger partial charge in [-0.25, -0.2) is 0 Å². The first-order chi connectivity index (χ1) is 12.5. The van der Waals surface area contributed by atoms with E-state index in [4.69, 9.17) is 12.2 Å². The molecule has 5 nitrogen and oxygen atoms in total. The third-order valence-electron chi connectivity index (χ3n) is 4.42. The van der Waals surface area contributed by atoms with E-state index in [-0.39, 0.29) is 12.5 Å². The Bertz CT molecular complexity index is 989. The van der Waals surface area contributed by atoms with Crippen molar-refractivity contribution in [2.45, 2.75) is 26.9 Å². The number of amides is 1. The lowest BCUT2D eigenvalue weighted by Gasteiger charge is -2.19. The van der Waals surface area contributed by atoms with Crippen molar-refractivity contribution in [1.82, 2.24) is 19.7 Å². The number of likely N-dealkylation sites (N-methyl/N-ethyl adjacent to an activating group) is 1. The van der Waals surface area contributed by atoms with E-state index in [2.05, 4.69) is 23.2 Å². The number of carbonyl (C=O) groups is 1. The van der Waals surface area contributed by atoms with E-state index >= 15 is 0 Å². The first kappa shape index (κ1) is 18.1. The largest absolute Gasteiger partial charge is 0.340 e. The molecule has 1 N–H and O–H groups in total. The van der Waals surface area contributed by atoms with Crippen LogP contribution in [0.5, 0.6) is 0 Å². The number of benzene rings is 2. The van der Waals surface area contributed by atoms with Gasteiger partial charge in [0.15, 0.2) is 10.6 Å². The van der Waals surface area contributed by atoms with Crippen LogP contribution in [0.25, 0.3) is 11.4 Å². The number of rotatable bonds is 5. The third-order valence-corrected chi connectivity index (χ3v) is 4.73. The van der Waals surface area contributed by atoms with Crippen LogP contribution >= 0.6 is 12.2 Å². The SMILES string of the molecule is Cc1cccc(-c2n[nH]c(=S)n2CC(=O)N(C)Cc2ccccc2C)c1. The van der Waals surface area contributed by atoms with E-state index in [1.54, 1.807) is 9.47 Å². The highest BCUT2D eigenvalue weighted by Crippen LogP contribution is 2.19. The maximum Gasteiger partial charge on any atom is 0.242 e. The second-order valence-electron chi connectivity index (χ2n) is 6.48. The summed E-state index contributed by atoms with van der Waals surface area (Å²) in [4.78, 5) is 14.5. The molecule has 2 aromatic carbocycles. The van der Waals surface area contributed by atoms with Crippen molar-refractivity contribution in [2.75, 3.05) is 7.05 Å². The van der Waals surface area contributed by atoms with Gasteiger partial charge in [0.2, 0.25) is 5.91 Å². The van der Waals surface area contributed by atoms with Crippen molar-refractivity contribution < 1.29 is 4.79 Å². The standard InChI is InChI=1S/C20H22N4OS/c1-14-7-6-10-16(11-14)19-21-22-20(26)24(19)13-18(25)23(3)12-17-9-5-4-8-15(17)2/h4-11H,12-13H2,1-3H3,(H,22,26). The molecule has 1 amide bonds. The molecule has 0 fully saturated rings. The Hall–Kier alpha value is -2.73. The molecule has 1 aromatic heterocycles. The first-order valence-corrected chi connectivity index (χ1v) is 8.87. The fourth-order valence-corrected chi connectivity index (χ4v) is 3.05. The molecule has 0 spiro atoms. The summed E-state index contributed by atoms with van der Waals surface area (Å²) in [5.41, 5.74) is 4.38. The van der Waals surface area contributed by atoms with E-state index in [1.807, 2.05) is 56.4 Å². The maximum absolute atomic E-state index is 12.7. The average molecular weight is 366 g/mol. The van der Waals surface area contributed by atoms with Gasteiger partial charge in [-0.3, -0.25) is 14.5 Å². The molecule has 6 heteroatoms. The van der Waals surface area contributed by atoms with E-state index in [1.165, 1.54) is 5.56 Å². The average Bonchev–Trinajstić information content (AvgIpc) is 2.97. The molecule has 0 aliphatic rings. The molecule has 3 aromatic rings. The van der Waals surface area contributed by atoms with Crippen LogP contribution in [0, 0.1) is 18.6 Å². The second-order valence-corrected chi connectivity index (χ2v) is 6.87. The van der Waals surface area contributed by atoms with Crippen molar-refractivity contribution in [3.05, 3.63) is 70.0 Å². The summed E-state index contributed by atoms with van der Waals surface area (Å²) in [6.07, 6.45) is 0. The zero-order valence-corrected chi connectivity index (χ0v) is 16.0. The summed E-state index contributed by atoms with van der Waals surface area (Å²) in [5.74, 6) is 0.663. The Kier molecular flexibility index (Phi) is 5.32. The van der Waals surface area contributed by atoms with Crippen molar-refractivity contribution in [1.29, 1.82) is 0 Å². The number of aromatic amines is 1. The van der Waals surface area contributed by atoms with E-state index < -0.39 is 0 Å². The second kappa shape index (κ2) is 7.66. The van der Waals surface area contributed by atoms with E-state index in [0.29, 0.717) is 17.1 Å². The molecule has 0 aliphatic carbocycles. The lowest BCUT2D eigenvalue weighted by molar-refractivity contribution is -0.131. The lowest BCUT2D eigenvalue weighted by atomic mass is 10.1. The van der Waals surface area contributed by atoms with Crippen molar-refractivity contribution in [2.24, 2.45) is 0 Å². The Morgan fingerprint density at radius 2 is 1.96 bits per heavy atom. The summed E-state index contributed by atoms with van der Waals surface area (Å²) < 4.78 is 2.19. The highest BCUT2D eigenvalue weighted by molar-refractivity contribution is 7.71. The summed E-state index contributed by atoms with van der Waals surface area (Å²) in [6, 6.07) is 16.1. The molecule has 0 saturated carbocycles. The molecule has 0 atom stereocenters. The summed E-state index contributed by atoms with van der Waals surface area (Å²) >= 11 is 5.34. The van der Waals surface area contributed by atoms with E-state index in [0.717, 1.165) is 16.7 Å². The number of nitrogens with one attached hydrogen (secondary N) is 1. The van der Waals surface area contributed by atoms with Crippen LogP contribution in [0.3, 0.4) is 0 Å². The summed E-state index contributed by atoms with van der Waals surface area (Å²) in [6.45, 7) is 4.79. The van der Waals surface area contributed by atoms with Gasteiger partial charge in [-0.05, 0) is 43.3 Å². The number of aromatic nitrogens is 3. The number of H-pyrrole nitrogens is 1. The lowest BCUT2D eigenvalue weighted by Crippen LogP contribution is -2.30. The quantitative estimate of drug-likeness (QED) is 0.697. The van der Waals surface area contributed by atoms with Crippen LogP contribution in [0.4, 0.5) is 0 Å². The number of carbonyl (C=O) groups excluding carboxylic acids is 1. The van der Waals surface area contributed by atoms with Gasteiger partial charge in [0.25, 0.3) is 0 Å². The Balaban J connectivity index is 1.81. The molecule has 0 aliphatic heterocycles. The number of hydrogen-bond acceptors (Lipinski definition) is 3. The topological polar surface area (TPSA) is 53.9 Å². The van der Waals surface area contributed by atoms with Crippen LogP contribution in [0.1, 0.15) is 16.7 Å². The van der Waals surface area contributed by atoms with Gasteiger partial charge in [-0.2, -0.15) is 5.10 Å². The minimum absolute atomic E-state index is 0.0142. The van der Waals surface area contributed by atoms with E-state index in [9.17, 15) is 4.79 Å². The van der Waals surface area contributed by atoms with Crippen LogP contribution in [0.2, 0.25) is 0 Å². The van der Waals surface area contributed by atoms with Gasteiger partial charge in [0.05, 0.1) is 0 Å². The van der Waals surface area contributed by atoms with Gasteiger partial charge in [-0.15, -0.1) is 0 Å². The predicted octanol–water partition coefficient (Wildman–Crippen LogP) is 3.88. The highest BCUT2D eigenvalue weighted by Gasteiger charge is 2.16. The molecule has 134 valence electrons. The molecule has 26 heavy (non-hydrogen) atoms. The Labute approximate surface area is 158 Å². The number of hydrogen-bond donors (Lipinski definition) is 1. The van der Waals surface area contributed by atoms with Crippen molar-refractivity contribution in [3.8, 4) is 11.4 Å². The van der Waals surface area contributed by atoms with Gasteiger partial charge in [-0.1, -0.05) is 48.0 Å². The predicted molar refractivity (Wildman–Crippen MR) is 105 cm³/mol. The molecule has 0 saturated heterocycles. The van der Waals surface area contributed by atoms with Gasteiger partial charge >= 0.3 is 0 Å². The zero-order valence-electron chi connectivity index (χ0n) is 15.2. The van der Waals surface area contributed by atoms with Gasteiger partial charge < -0.3 is 4.90 Å². The van der Waals surface area contributed by atoms with Crippen LogP contribution in [0.15, 0.2) is 48.5 Å². The Morgan fingerprint density at radius 1 is 1.19 bits per heavy atom. The van der Waals surface area contributed by atoms with Crippen LogP contribution in [-0.2, 0) is 17.9 Å². The van der Waals surface area contributed by atoms with Crippen molar-refractivity contribution >= 4 is 18.1 Å². The third kappa shape index (κ3) is 3.91. The monoisotopic (exact) mass is 366 g/mol. The molecule has 1 heterocycles. The molecular weight excluding hydrogens is 344 g/mol. The normalized spacial score (nSPS) is 10.7. The van der Waals surface area contributed by atoms with Crippen LogP contribution in [-0.4, -0.2) is 32.6 Å². The summed E-state index contributed by atoms with van der Waals surface area (Å²) in [7, 11) is 1.81. The first-order valence-electron chi connectivity index (χ1n) is 8.46. The van der Waals surface area contributed by atoms with Gasteiger partial charge in [0, 0.05) is 19.2 Å². The fraction of sp³-hybridized carbons (Fsp3) is 0.250. The maximum atomic E-state index is 12.7. The highest BCUT2D eigenvalue weighted by atomic mass is 32.1. The van der Waals surface area contributed by atoms with Gasteiger partial charge in [0.1, 0.15) is 6.54 Å². The number of nitrogens with zero attached hydrogens (tertiary/aromatic N) is 3. The molecule has 0 bridgehead atoms. The summed E-state index contributed by atoms with van der Waals surface area (Å²) in [5, 5.41) is 7.12. The molecule has 0 unspecified atom stereocenters. The molecular formula is C20H22N4OS. The molecule has 3 rings (SSSR count).